The zero-order valence-electron chi connectivity index (χ0n) is 12.9. The molecule has 0 amide bonds. The highest BCUT2D eigenvalue weighted by Crippen LogP contribution is 2.31. The van der Waals surface area contributed by atoms with Gasteiger partial charge in [-0.05, 0) is 30.3 Å². The van der Waals surface area contributed by atoms with Crippen LogP contribution in [0.2, 0.25) is 0 Å². The second kappa shape index (κ2) is 6.05. The molecule has 0 saturated carbocycles. The van der Waals surface area contributed by atoms with Crippen molar-refractivity contribution in [2.45, 2.75) is 6.42 Å². The van der Waals surface area contributed by atoms with E-state index < -0.39 is 0 Å². The van der Waals surface area contributed by atoms with Crippen molar-refractivity contribution in [1.82, 2.24) is 14.4 Å². The van der Waals surface area contributed by atoms with Gasteiger partial charge in [-0.15, -0.1) is 11.3 Å². The van der Waals surface area contributed by atoms with E-state index in [4.69, 9.17) is 4.74 Å². The van der Waals surface area contributed by atoms with Gasteiger partial charge in [0.05, 0.1) is 23.5 Å². The van der Waals surface area contributed by atoms with Crippen LogP contribution in [0.1, 0.15) is 10.7 Å². The molecule has 6 heteroatoms. The average Bonchev–Trinajstić information content (AvgIpc) is 3.21. The maximum Gasteiger partial charge on any atom is 0.136 e. The number of ether oxygens (including phenoxy) is 1. The number of fused-ring (bicyclic) bond motifs is 1. The van der Waals surface area contributed by atoms with Crippen molar-refractivity contribution in [3.63, 3.8) is 0 Å². The molecule has 4 aromatic rings. The van der Waals surface area contributed by atoms with Crippen molar-refractivity contribution in [2.24, 2.45) is 0 Å². The van der Waals surface area contributed by atoms with Gasteiger partial charge in [-0.25, -0.2) is 14.4 Å². The second-order valence-corrected chi connectivity index (χ2v) is 6.29. The van der Waals surface area contributed by atoms with E-state index >= 15 is 0 Å². The Labute approximate surface area is 142 Å². The summed E-state index contributed by atoms with van der Waals surface area (Å²) >= 11 is 1.54. The van der Waals surface area contributed by atoms with Crippen LogP contribution in [-0.2, 0) is 6.42 Å². The molecule has 0 radical (unpaired) electrons. The Bertz CT molecular complexity index is 975. The Hall–Kier alpha value is -2.73. The van der Waals surface area contributed by atoms with E-state index in [-0.39, 0.29) is 5.82 Å². The average molecular weight is 339 g/mol. The van der Waals surface area contributed by atoms with Gasteiger partial charge in [-0.1, -0.05) is 6.07 Å². The van der Waals surface area contributed by atoms with E-state index in [1.165, 1.54) is 23.5 Å². The van der Waals surface area contributed by atoms with Gasteiger partial charge >= 0.3 is 0 Å². The SMILES string of the molecule is COc1ccc(F)cc1-c1csc(Cc2cn3ccccc3n2)n1. The van der Waals surface area contributed by atoms with Gasteiger partial charge in [-0.2, -0.15) is 0 Å². The summed E-state index contributed by atoms with van der Waals surface area (Å²) in [6, 6.07) is 10.3. The first kappa shape index (κ1) is 14.8. The standard InChI is InChI=1S/C18H14FN3OS/c1-23-16-6-5-12(19)8-14(16)15-11-24-18(21-15)9-13-10-22-7-3-2-4-17(22)20-13/h2-8,10-11H,9H2,1H3. The minimum absolute atomic E-state index is 0.305. The molecule has 3 heterocycles. The number of benzene rings is 1. The Morgan fingerprint density at radius 2 is 2.12 bits per heavy atom. The number of aromatic nitrogens is 3. The van der Waals surface area contributed by atoms with E-state index in [0.717, 1.165) is 22.0 Å². The summed E-state index contributed by atoms with van der Waals surface area (Å²) in [5, 5.41) is 2.85. The normalized spacial score (nSPS) is 11.1. The molecule has 24 heavy (non-hydrogen) atoms. The molecule has 120 valence electrons. The van der Waals surface area contributed by atoms with Crippen LogP contribution in [0.5, 0.6) is 5.75 Å². The summed E-state index contributed by atoms with van der Waals surface area (Å²) in [5.41, 5.74) is 3.24. The van der Waals surface area contributed by atoms with E-state index in [0.29, 0.717) is 17.7 Å². The molecule has 0 aliphatic carbocycles. The fourth-order valence-corrected chi connectivity index (χ4v) is 3.43. The molecule has 0 spiro atoms. The first-order chi connectivity index (χ1) is 11.7. The number of hydrogen-bond donors (Lipinski definition) is 0. The van der Waals surface area contributed by atoms with Crippen LogP contribution < -0.4 is 4.74 Å². The zero-order chi connectivity index (χ0) is 16.5. The van der Waals surface area contributed by atoms with E-state index in [1.807, 2.05) is 40.4 Å². The number of methoxy groups -OCH3 is 1. The number of hydrogen-bond acceptors (Lipinski definition) is 4. The maximum absolute atomic E-state index is 13.5. The lowest BCUT2D eigenvalue weighted by Crippen LogP contribution is -1.91. The van der Waals surface area contributed by atoms with Crippen LogP contribution in [0.3, 0.4) is 0 Å². The fraction of sp³-hybridized carbons (Fsp3) is 0.111. The van der Waals surface area contributed by atoms with Crippen molar-refractivity contribution >= 4 is 17.0 Å². The van der Waals surface area contributed by atoms with E-state index in [9.17, 15) is 4.39 Å². The van der Waals surface area contributed by atoms with Crippen molar-refractivity contribution in [1.29, 1.82) is 0 Å². The first-order valence-electron chi connectivity index (χ1n) is 7.44. The van der Waals surface area contributed by atoms with Crippen LogP contribution in [0.4, 0.5) is 4.39 Å². The van der Waals surface area contributed by atoms with Gasteiger partial charge < -0.3 is 9.14 Å². The fourth-order valence-electron chi connectivity index (χ4n) is 2.62. The Morgan fingerprint density at radius 3 is 2.96 bits per heavy atom. The van der Waals surface area contributed by atoms with Gasteiger partial charge in [0, 0.05) is 29.8 Å². The predicted octanol–water partition coefficient (Wildman–Crippen LogP) is 4.20. The smallest absolute Gasteiger partial charge is 0.136 e. The highest BCUT2D eigenvalue weighted by molar-refractivity contribution is 7.10. The number of thiazole rings is 1. The van der Waals surface area contributed by atoms with Crippen molar-refractivity contribution in [3.05, 3.63) is 70.7 Å². The molecule has 4 nitrogen and oxygen atoms in total. The topological polar surface area (TPSA) is 39.4 Å². The Kier molecular flexibility index (Phi) is 3.74. The Balaban J connectivity index is 1.64. The molecular formula is C18H14FN3OS. The highest BCUT2D eigenvalue weighted by atomic mass is 32.1. The summed E-state index contributed by atoms with van der Waals surface area (Å²) in [6.45, 7) is 0. The third kappa shape index (κ3) is 2.76. The second-order valence-electron chi connectivity index (χ2n) is 5.35. The number of rotatable bonds is 4. The lowest BCUT2D eigenvalue weighted by molar-refractivity contribution is 0.415. The molecule has 0 atom stereocenters. The summed E-state index contributed by atoms with van der Waals surface area (Å²) in [5.74, 6) is 0.307. The third-order valence-corrected chi connectivity index (χ3v) is 4.58. The van der Waals surface area contributed by atoms with Crippen molar-refractivity contribution in [2.75, 3.05) is 7.11 Å². The minimum Gasteiger partial charge on any atom is -0.496 e. The largest absolute Gasteiger partial charge is 0.496 e. The molecule has 0 aliphatic rings. The van der Waals surface area contributed by atoms with Gasteiger partial charge in [0.25, 0.3) is 0 Å². The number of pyridine rings is 1. The molecule has 0 bridgehead atoms. The Morgan fingerprint density at radius 1 is 1.21 bits per heavy atom. The summed E-state index contributed by atoms with van der Waals surface area (Å²) in [4.78, 5) is 9.20. The lowest BCUT2D eigenvalue weighted by Gasteiger charge is -2.05. The molecule has 1 aromatic carbocycles. The molecule has 0 unspecified atom stereocenters. The van der Waals surface area contributed by atoms with Crippen molar-refractivity contribution in [3.8, 4) is 17.0 Å². The molecule has 4 rings (SSSR count). The van der Waals surface area contributed by atoms with Crippen LogP contribution in [0.15, 0.2) is 54.2 Å². The van der Waals surface area contributed by atoms with Gasteiger partial charge in [0.15, 0.2) is 0 Å². The molecule has 3 aromatic heterocycles. The number of nitrogens with zero attached hydrogens (tertiary/aromatic N) is 3. The lowest BCUT2D eigenvalue weighted by atomic mass is 10.1. The van der Waals surface area contributed by atoms with Crippen LogP contribution in [0, 0.1) is 5.82 Å². The summed E-state index contributed by atoms with van der Waals surface area (Å²) in [7, 11) is 1.57. The zero-order valence-corrected chi connectivity index (χ0v) is 13.8. The van der Waals surface area contributed by atoms with Gasteiger partial charge in [-0.3, -0.25) is 0 Å². The monoisotopic (exact) mass is 339 g/mol. The predicted molar refractivity (Wildman–Crippen MR) is 92.1 cm³/mol. The van der Waals surface area contributed by atoms with Crippen LogP contribution in [-0.4, -0.2) is 21.5 Å². The highest BCUT2D eigenvalue weighted by Gasteiger charge is 2.12. The minimum atomic E-state index is -0.305. The molecule has 0 fully saturated rings. The quantitative estimate of drug-likeness (QED) is 0.559. The molecule has 0 N–H and O–H groups in total. The summed E-state index contributed by atoms with van der Waals surface area (Å²) < 4.78 is 20.8. The van der Waals surface area contributed by atoms with Gasteiger partial charge in [0.2, 0.25) is 0 Å². The van der Waals surface area contributed by atoms with E-state index in [2.05, 4.69) is 9.97 Å². The third-order valence-electron chi connectivity index (χ3n) is 3.74. The summed E-state index contributed by atoms with van der Waals surface area (Å²) in [6.07, 6.45) is 4.61. The molecular weight excluding hydrogens is 325 g/mol. The first-order valence-corrected chi connectivity index (χ1v) is 8.32. The van der Waals surface area contributed by atoms with Gasteiger partial charge in [0.1, 0.15) is 17.2 Å². The van der Waals surface area contributed by atoms with Crippen LogP contribution >= 0.6 is 11.3 Å². The number of imidazole rings is 1. The number of halogens is 1. The van der Waals surface area contributed by atoms with Crippen LogP contribution in [0.25, 0.3) is 16.9 Å². The van der Waals surface area contributed by atoms with Crippen molar-refractivity contribution < 1.29 is 9.13 Å². The maximum atomic E-state index is 13.5. The molecule has 0 saturated heterocycles. The molecule has 0 aliphatic heterocycles. The van der Waals surface area contributed by atoms with E-state index in [1.54, 1.807) is 13.2 Å².